The summed E-state index contributed by atoms with van der Waals surface area (Å²) in [5.74, 6) is -0.0809. The molecular weight excluding hydrogens is 308 g/mol. The van der Waals surface area contributed by atoms with Crippen molar-refractivity contribution in [3.05, 3.63) is 66.6 Å². The SMILES string of the molecule is Cc1c2c(c(C)cc1=Cc1sc(=O)[nH]c1O)=Nc1ccccc1-2. The third-order valence-electron chi connectivity index (χ3n) is 4.14. The molecule has 0 bridgehead atoms. The molecule has 114 valence electrons. The van der Waals surface area contributed by atoms with E-state index in [9.17, 15) is 9.90 Å². The molecule has 1 aromatic heterocycles. The number of hydrogen-bond donors (Lipinski definition) is 2. The fourth-order valence-electron chi connectivity index (χ4n) is 3.03. The zero-order valence-corrected chi connectivity index (χ0v) is 13.5. The first-order valence-electron chi connectivity index (χ1n) is 7.27. The summed E-state index contributed by atoms with van der Waals surface area (Å²) in [6.45, 7) is 4.08. The second kappa shape index (κ2) is 4.93. The first-order valence-corrected chi connectivity index (χ1v) is 8.08. The summed E-state index contributed by atoms with van der Waals surface area (Å²) in [5.41, 5.74) is 5.43. The number of H-pyrrole nitrogens is 1. The average Bonchev–Trinajstić information content (AvgIpc) is 3.05. The molecule has 0 atom stereocenters. The second-order valence-electron chi connectivity index (χ2n) is 5.63. The van der Waals surface area contributed by atoms with Crippen molar-refractivity contribution in [2.75, 3.05) is 0 Å². The number of benzene rings is 2. The first kappa shape index (κ1) is 14.0. The van der Waals surface area contributed by atoms with E-state index in [1.165, 1.54) is 0 Å². The van der Waals surface area contributed by atoms with E-state index in [-0.39, 0.29) is 10.8 Å². The van der Waals surface area contributed by atoms with Crippen LogP contribution < -0.4 is 15.4 Å². The number of nitrogens with one attached hydrogen (secondary N) is 1. The number of thiazole rings is 1. The summed E-state index contributed by atoms with van der Waals surface area (Å²) in [5, 5.41) is 11.8. The van der Waals surface area contributed by atoms with Crippen molar-refractivity contribution in [3.63, 3.8) is 0 Å². The Labute approximate surface area is 136 Å². The molecule has 0 saturated heterocycles. The molecule has 2 N–H and O–H groups in total. The quantitative estimate of drug-likeness (QED) is 0.565. The molecule has 0 fully saturated rings. The molecule has 3 aromatic rings. The highest BCUT2D eigenvalue weighted by Gasteiger charge is 2.17. The molecule has 4 rings (SSSR count). The number of rotatable bonds is 1. The van der Waals surface area contributed by atoms with Gasteiger partial charge in [0.05, 0.1) is 15.9 Å². The molecule has 0 amide bonds. The summed E-state index contributed by atoms with van der Waals surface area (Å²) in [6, 6.07) is 10.1. The molecule has 0 saturated carbocycles. The highest BCUT2D eigenvalue weighted by atomic mass is 32.1. The van der Waals surface area contributed by atoms with Gasteiger partial charge in [0.15, 0.2) is 0 Å². The molecule has 2 aromatic carbocycles. The molecule has 0 spiro atoms. The summed E-state index contributed by atoms with van der Waals surface area (Å²) in [6.07, 6.45) is 1.85. The smallest absolute Gasteiger partial charge is 0.307 e. The zero-order chi connectivity index (χ0) is 16.1. The Morgan fingerprint density at radius 3 is 2.78 bits per heavy atom. The molecule has 1 aliphatic rings. The lowest BCUT2D eigenvalue weighted by molar-refractivity contribution is 0.455. The number of para-hydroxylation sites is 1. The molecule has 2 heterocycles. The van der Waals surface area contributed by atoms with Crippen LogP contribution in [0.25, 0.3) is 17.2 Å². The van der Waals surface area contributed by atoms with E-state index < -0.39 is 0 Å². The van der Waals surface area contributed by atoms with Crippen molar-refractivity contribution >= 4 is 23.1 Å². The summed E-state index contributed by atoms with van der Waals surface area (Å²) >= 11 is 1.00. The second-order valence-corrected chi connectivity index (χ2v) is 6.65. The number of aromatic nitrogens is 1. The molecule has 23 heavy (non-hydrogen) atoms. The minimum Gasteiger partial charge on any atom is -0.493 e. The predicted octanol–water partition coefficient (Wildman–Crippen LogP) is 2.52. The van der Waals surface area contributed by atoms with Gasteiger partial charge in [0.1, 0.15) is 0 Å². The molecule has 0 aliphatic carbocycles. The number of aromatic hydroxyl groups is 1. The van der Waals surface area contributed by atoms with Crippen LogP contribution in [0.5, 0.6) is 5.88 Å². The Hall–Kier alpha value is -2.66. The van der Waals surface area contributed by atoms with E-state index in [2.05, 4.69) is 11.1 Å². The third kappa shape index (κ3) is 2.12. The van der Waals surface area contributed by atoms with E-state index in [1.54, 1.807) is 0 Å². The number of aryl methyl sites for hydroxylation is 1. The lowest BCUT2D eigenvalue weighted by Crippen LogP contribution is -2.18. The van der Waals surface area contributed by atoms with E-state index in [4.69, 9.17) is 4.99 Å². The van der Waals surface area contributed by atoms with Gasteiger partial charge in [-0.05, 0) is 48.4 Å². The van der Waals surface area contributed by atoms with Gasteiger partial charge in [0.25, 0.3) is 0 Å². The van der Waals surface area contributed by atoms with Crippen LogP contribution in [0.3, 0.4) is 0 Å². The highest BCUT2D eigenvalue weighted by molar-refractivity contribution is 7.10. The van der Waals surface area contributed by atoms with Crippen LogP contribution in [-0.4, -0.2) is 10.1 Å². The van der Waals surface area contributed by atoms with Gasteiger partial charge < -0.3 is 5.11 Å². The van der Waals surface area contributed by atoms with Crippen LogP contribution in [-0.2, 0) is 0 Å². The maximum absolute atomic E-state index is 11.4. The minimum atomic E-state index is -0.260. The van der Waals surface area contributed by atoms with Gasteiger partial charge in [-0.2, -0.15) is 0 Å². The first-order chi connectivity index (χ1) is 11.0. The zero-order valence-electron chi connectivity index (χ0n) is 12.7. The van der Waals surface area contributed by atoms with E-state index in [1.807, 2.05) is 44.2 Å². The Morgan fingerprint density at radius 2 is 2.04 bits per heavy atom. The Balaban J connectivity index is 2.05. The van der Waals surface area contributed by atoms with E-state index in [0.29, 0.717) is 4.88 Å². The van der Waals surface area contributed by atoms with Crippen molar-refractivity contribution in [1.29, 1.82) is 0 Å². The van der Waals surface area contributed by atoms with Crippen LogP contribution in [0, 0.1) is 13.8 Å². The summed E-state index contributed by atoms with van der Waals surface area (Å²) in [7, 11) is 0. The summed E-state index contributed by atoms with van der Waals surface area (Å²) in [4.78, 5) is 18.8. The van der Waals surface area contributed by atoms with Crippen molar-refractivity contribution < 1.29 is 5.11 Å². The number of hydrogen-bond acceptors (Lipinski definition) is 4. The molecule has 5 heteroatoms. The monoisotopic (exact) mass is 322 g/mol. The highest BCUT2D eigenvalue weighted by Crippen LogP contribution is 2.33. The minimum absolute atomic E-state index is 0.0809. The van der Waals surface area contributed by atoms with Crippen molar-refractivity contribution in [2.24, 2.45) is 4.99 Å². The number of aromatic amines is 1. The molecule has 0 radical (unpaired) electrons. The van der Waals surface area contributed by atoms with Crippen LogP contribution in [0.2, 0.25) is 0 Å². The Morgan fingerprint density at radius 1 is 1.26 bits per heavy atom. The number of fused-ring (bicyclic) bond motifs is 3. The third-order valence-corrected chi connectivity index (χ3v) is 4.96. The fourth-order valence-corrected chi connectivity index (χ4v) is 3.71. The van der Waals surface area contributed by atoms with E-state index >= 15 is 0 Å². The van der Waals surface area contributed by atoms with Gasteiger partial charge in [-0.3, -0.25) is 9.78 Å². The lowest BCUT2D eigenvalue weighted by Gasteiger charge is -2.06. The maximum Gasteiger partial charge on any atom is 0.307 e. The number of nitrogens with zero attached hydrogens (tertiary/aromatic N) is 1. The van der Waals surface area contributed by atoms with Crippen LogP contribution in [0.15, 0.2) is 40.1 Å². The molecule has 1 aliphatic heterocycles. The normalized spacial score (nSPS) is 12.9. The van der Waals surface area contributed by atoms with Gasteiger partial charge in [-0.1, -0.05) is 29.5 Å². The Kier molecular flexibility index (Phi) is 2.99. The van der Waals surface area contributed by atoms with Gasteiger partial charge in [0, 0.05) is 11.1 Å². The standard InChI is InChI=1S/C18H14N2O2S/c1-9-7-11(8-14-17(21)20-18(22)23-14)10(2)15-12-5-3-4-6-13(12)19-16(9)15/h3-8,21H,1-2H3,(H,20,22). The largest absolute Gasteiger partial charge is 0.493 e. The van der Waals surface area contributed by atoms with Gasteiger partial charge in [-0.25, -0.2) is 4.99 Å². The van der Waals surface area contributed by atoms with Crippen LogP contribution in [0.4, 0.5) is 5.69 Å². The van der Waals surface area contributed by atoms with Crippen molar-refractivity contribution in [3.8, 4) is 17.0 Å². The summed E-state index contributed by atoms with van der Waals surface area (Å²) < 4.78 is 0. The predicted molar refractivity (Wildman–Crippen MR) is 92.0 cm³/mol. The van der Waals surface area contributed by atoms with Gasteiger partial charge in [0.2, 0.25) is 5.88 Å². The van der Waals surface area contributed by atoms with Crippen LogP contribution in [0.1, 0.15) is 16.0 Å². The van der Waals surface area contributed by atoms with Crippen molar-refractivity contribution in [2.45, 2.75) is 13.8 Å². The fraction of sp³-hybridized carbons (Fsp3) is 0.111. The maximum atomic E-state index is 11.4. The molecular formula is C18H14N2O2S. The van der Waals surface area contributed by atoms with Gasteiger partial charge in [-0.15, -0.1) is 0 Å². The average molecular weight is 322 g/mol. The van der Waals surface area contributed by atoms with Gasteiger partial charge >= 0.3 is 4.87 Å². The lowest BCUT2D eigenvalue weighted by atomic mass is 9.96. The molecule has 0 unspecified atom stereocenters. The van der Waals surface area contributed by atoms with Crippen LogP contribution >= 0.6 is 11.3 Å². The topological polar surface area (TPSA) is 65.5 Å². The van der Waals surface area contributed by atoms with Crippen molar-refractivity contribution in [1.82, 2.24) is 4.98 Å². The molecule has 4 nitrogen and oxygen atoms in total. The van der Waals surface area contributed by atoms with E-state index in [0.717, 1.165) is 49.9 Å². The Bertz CT molecular complexity index is 1120.